The average Bonchev–Trinajstić information content (AvgIpc) is 2.50. The molecule has 0 aliphatic rings. The highest BCUT2D eigenvalue weighted by Crippen LogP contribution is 2.28. The van der Waals surface area contributed by atoms with Crippen molar-refractivity contribution >= 4 is 35.6 Å². The van der Waals surface area contributed by atoms with Crippen molar-refractivity contribution in [2.24, 2.45) is 0 Å². The van der Waals surface area contributed by atoms with Crippen LogP contribution in [0.5, 0.6) is 0 Å². The Morgan fingerprint density at radius 2 is 1.57 bits per heavy atom. The zero-order valence-electron chi connectivity index (χ0n) is 14.0. The van der Waals surface area contributed by atoms with Crippen LogP contribution in [0.4, 0.5) is 0 Å². The van der Waals surface area contributed by atoms with Crippen LogP contribution in [0.3, 0.4) is 0 Å². The molecule has 1 unspecified atom stereocenters. The number of nitrogens with zero attached hydrogens (tertiary/aromatic N) is 1. The smallest absolute Gasteiger partial charge is 0.325 e. The van der Waals surface area contributed by atoms with Crippen molar-refractivity contribution < 1.29 is 5.02 Å². The van der Waals surface area contributed by atoms with Crippen molar-refractivity contribution in [3.05, 3.63) is 63.1 Å². The number of hydrogen-bond donors (Lipinski definition) is 1. The molecule has 0 aliphatic heterocycles. The lowest BCUT2D eigenvalue weighted by Crippen LogP contribution is -2.35. The Bertz CT molecular complexity index is 691. The van der Waals surface area contributed by atoms with E-state index in [0.29, 0.717) is 11.3 Å². The first-order chi connectivity index (χ1) is 10.8. The van der Waals surface area contributed by atoms with E-state index in [1.165, 1.54) is 0 Å². The predicted octanol–water partition coefficient (Wildman–Crippen LogP) is 4.10. The van der Waals surface area contributed by atoms with Gasteiger partial charge in [0.05, 0.1) is 0 Å². The quantitative estimate of drug-likeness (QED) is 0.821. The lowest BCUT2D eigenvalue weighted by molar-refractivity contribution is 0.314. The second-order valence-electron chi connectivity index (χ2n) is 6.25. The van der Waals surface area contributed by atoms with Gasteiger partial charge in [-0.15, -0.1) is 0 Å². The molecule has 0 aliphatic carbocycles. The van der Waals surface area contributed by atoms with E-state index in [4.69, 9.17) is 23.2 Å². The maximum atomic E-state index is 10.6. The summed E-state index contributed by atoms with van der Waals surface area (Å²) in [5.41, 5.74) is 4.00. The predicted molar refractivity (Wildman–Crippen MR) is 101 cm³/mol. The fraction of sp³-hybridized carbons (Fsp3) is 0.333. The van der Waals surface area contributed by atoms with E-state index in [1.807, 2.05) is 58.3 Å². The van der Waals surface area contributed by atoms with E-state index >= 15 is 0 Å². The number of aryl methyl sites for hydroxylation is 2. The highest BCUT2D eigenvalue weighted by molar-refractivity contribution is 6.66. The molecular formula is C18H22BCl2NO. The largest absolute Gasteiger partial charge is 0.446 e. The van der Waals surface area contributed by atoms with Crippen LogP contribution in [-0.4, -0.2) is 30.9 Å². The molecule has 0 saturated carbocycles. The number of rotatable bonds is 5. The Balaban J connectivity index is 2.24. The molecule has 0 amide bonds. The molecule has 2 aromatic rings. The van der Waals surface area contributed by atoms with Gasteiger partial charge < -0.3 is 9.92 Å². The van der Waals surface area contributed by atoms with Gasteiger partial charge in [0, 0.05) is 16.1 Å². The summed E-state index contributed by atoms with van der Waals surface area (Å²) in [7, 11) is 4.01. The molecule has 0 saturated heterocycles. The Labute approximate surface area is 149 Å². The zero-order chi connectivity index (χ0) is 17.1. The molecule has 0 spiro atoms. The molecule has 1 N–H and O–H groups in total. The Hall–Kier alpha value is -0.995. The minimum atomic E-state index is -0.583. The molecule has 2 nitrogen and oxygen atoms in total. The van der Waals surface area contributed by atoms with Crippen molar-refractivity contribution in [3.8, 4) is 0 Å². The van der Waals surface area contributed by atoms with Crippen LogP contribution in [0.1, 0.15) is 22.7 Å². The van der Waals surface area contributed by atoms with Crippen LogP contribution in [0.2, 0.25) is 16.4 Å². The van der Waals surface area contributed by atoms with Gasteiger partial charge in [0.2, 0.25) is 0 Å². The SMILES string of the molecule is Cc1ccc(B(O)CC(c2ccc(C)c(Cl)c2)N(C)C)cc1Cl. The van der Waals surface area contributed by atoms with Crippen molar-refractivity contribution in [3.63, 3.8) is 0 Å². The summed E-state index contributed by atoms with van der Waals surface area (Å²) in [5, 5.41) is 12.1. The molecule has 2 rings (SSSR count). The van der Waals surface area contributed by atoms with Gasteiger partial charge in [0.1, 0.15) is 0 Å². The molecule has 1 atom stereocenters. The van der Waals surface area contributed by atoms with Crippen molar-refractivity contribution in [2.75, 3.05) is 14.1 Å². The minimum Gasteiger partial charge on any atom is -0.446 e. The first-order valence-corrected chi connectivity index (χ1v) is 8.41. The zero-order valence-corrected chi connectivity index (χ0v) is 15.5. The number of hydrogen-bond acceptors (Lipinski definition) is 2. The summed E-state index contributed by atoms with van der Waals surface area (Å²) in [6.07, 6.45) is 0.575. The molecular weight excluding hydrogens is 328 g/mol. The summed E-state index contributed by atoms with van der Waals surface area (Å²) >= 11 is 12.4. The van der Waals surface area contributed by atoms with E-state index in [0.717, 1.165) is 27.2 Å². The van der Waals surface area contributed by atoms with E-state index in [9.17, 15) is 5.02 Å². The molecule has 0 heterocycles. The standard InChI is InChI=1S/C18H22BCl2NO/c1-12-5-7-14(9-16(12)20)18(22(3)4)11-19(23)15-8-6-13(2)17(21)10-15/h5-10,18,23H,11H2,1-4H3. The van der Waals surface area contributed by atoms with Gasteiger partial charge in [-0.2, -0.15) is 0 Å². The van der Waals surface area contributed by atoms with E-state index in [-0.39, 0.29) is 6.04 Å². The molecule has 0 fully saturated rings. The van der Waals surface area contributed by atoms with E-state index < -0.39 is 6.92 Å². The molecule has 2 aromatic carbocycles. The first-order valence-electron chi connectivity index (χ1n) is 7.66. The fourth-order valence-corrected chi connectivity index (χ4v) is 3.00. The summed E-state index contributed by atoms with van der Waals surface area (Å²) in [5.74, 6) is 0. The summed E-state index contributed by atoms with van der Waals surface area (Å²) in [4.78, 5) is 2.10. The van der Waals surface area contributed by atoms with Crippen molar-refractivity contribution in [1.29, 1.82) is 0 Å². The first kappa shape index (κ1) is 18.3. The monoisotopic (exact) mass is 349 g/mol. The van der Waals surface area contributed by atoms with Crippen molar-refractivity contribution in [1.82, 2.24) is 4.90 Å². The minimum absolute atomic E-state index is 0.0724. The van der Waals surface area contributed by atoms with Crippen molar-refractivity contribution in [2.45, 2.75) is 26.2 Å². The summed E-state index contributed by atoms with van der Waals surface area (Å²) in [6, 6.07) is 11.9. The second kappa shape index (κ2) is 7.72. The Morgan fingerprint density at radius 1 is 1.00 bits per heavy atom. The van der Waals surface area contributed by atoms with Crippen LogP contribution in [0, 0.1) is 13.8 Å². The molecule has 5 heteroatoms. The van der Waals surface area contributed by atoms with Gasteiger partial charge in [-0.3, -0.25) is 0 Å². The normalized spacial score (nSPS) is 12.5. The van der Waals surface area contributed by atoms with Crippen LogP contribution in [0.25, 0.3) is 0 Å². The molecule has 0 aromatic heterocycles. The van der Waals surface area contributed by atoms with Gasteiger partial charge in [-0.05, 0) is 68.5 Å². The van der Waals surface area contributed by atoms with Gasteiger partial charge in [-0.1, -0.05) is 47.5 Å². The van der Waals surface area contributed by atoms with Gasteiger partial charge in [-0.25, -0.2) is 0 Å². The maximum Gasteiger partial charge on any atom is 0.325 e. The average molecular weight is 350 g/mol. The van der Waals surface area contributed by atoms with Gasteiger partial charge in [0.25, 0.3) is 0 Å². The summed E-state index contributed by atoms with van der Waals surface area (Å²) in [6.45, 7) is 3.36. The lowest BCUT2D eigenvalue weighted by atomic mass is 9.56. The topological polar surface area (TPSA) is 23.5 Å². The third-order valence-corrected chi connectivity index (χ3v) is 5.05. The molecule has 0 bridgehead atoms. The van der Waals surface area contributed by atoms with E-state index in [1.54, 1.807) is 0 Å². The maximum absolute atomic E-state index is 10.6. The highest BCUT2D eigenvalue weighted by atomic mass is 35.5. The summed E-state index contributed by atoms with van der Waals surface area (Å²) < 4.78 is 0. The van der Waals surface area contributed by atoms with Gasteiger partial charge in [0.15, 0.2) is 0 Å². The molecule has 23 heavy (non-hydrogen) atoms. The van der Waals surface area contributed by atoms with E-state index in [2.05, 4.69) is 11.0 Å². The number of benzene rings is 2. The highest BCUT2D eigenvalue weighted by Gasteiger charge is 2.24. The van der Waals surface area contributed by atoms with Crippen LogP contribution in [-0.2, 0) is 0 Å². The lowest BCUT2D eigenvalue weighted by Gasteiger charge is -2.26. The Morgan fingerprint density at radius 3 is 2.09 bits per heavy atom. The third-order valence-electron chi connectivity index (χ3n) is 4.23. The number of halogens is 2. The van der Waals surface area contributed by atoms with Gasteiger partial charge >= 0.3 is 6.92 Å². The van der Waals surface area contributed by atoms with Crippen LogP contribution in [0.15, 0.2) is 36.4 Å². The molecule has 0 radical (unpaired) electrons. The Kier molecular flexibility index (Phi) is 6.16. The van der Waals surface area contributed by atoms with Crippen LogP contribution < -0.4 is 5.46 Å². The fourth-order valence-electron chi connectivity index (χ4n) is 2.63. The van der Waals surface area contributed by atoms with Crippen LogP contribution >= 0.6 is 23.2 Å². The molecule has 122 valence electrons. The second-order valence-corrected chi connectivity index (χ2v) is 7.06. The third kappa shape index (κ3) is 4.51.